The minimum atomic E-state index is -0.745. The van der Waals surface area contributed by atoms with Gasteiger partial charge in [-0.05, 0) is 0 Å². The molecule has 0 aromatic rings. The number of carbonyl (C=O) groups is 1. The molecule has 2 N–H and O–H groups in total. The molecule has 0 fully saturated rings. The van der Waals surface area contributed by atoms with E-state index in [4.69, 9.17) is 5.73 Å². The smallest absolute Gasteiger partial charge is 0.149 e. The Bertz CT molecular complexity index is 48.2. The van der Waals surface area contributed by atoms with Crippen LogP contribution < -0.4 is 5.32 Å². The van der Waals surface area contributed by atoms with E-state index in [1.165, 1.54) is 7.05 Å². The third-order valence-corrected chi connectivity index (χ3v) is 0.227. The van der Waals surface area contributed by atoms with E-state index in [1.54, 1.807) is 0 Å². The zero-order chi connectivity index (χ0) is 4.28. The van der Waals surface area contributed by atoms with Crippen LogP contribution in [0.2, 0.25) is 0 Å². The summed E-state index contributed by atoms with van der Waals surface area (Å²) in [7, 11) is 1.41. The summed E-state index contributed by atoms with van der Waals surface area (Å²) < 4.78 is 0. The van der Waals surface area contributed by atoms with Gasteiger partial charge in [0.2, 0.25) is 0 Å². The molecule has 0 aliphatic carbocycles. The molecule has 0 atom stereocenters. The standard InChI is InChI=1S/C2H6N2O.CH4.Y/c1-4-2(3)5;;/h1H3,(H3,3,4,5);1H4;/p-1. The minimum absolute atomic E-state index is 0. The Hall–Kier alpha value is 0.374. The Labute approximate surface area is 68.9 Å². The maximum atomic E-state index is 9.37. The Kier molecular flexibility index (Phi) is 21.5. The number of carbonyl (C=O) groups excluding carboxylic acids is 1. The molecular formula is C3H9N2OY-. The van der Waals surface area contributed by atoms with Crippen LogP contribution in [0.4, 0.5) is 4.79 Å². The molecule has 0 rings (SSSR count). The predicted molar refractivity (Wildman–Crippen MR) is 25.5 cm³/mol. The first-order valence-electron chi connectivity index (χ1n) is 1.20. The average molecular weight is 178 g/mol. The molecule has 0 heterocycles. The van der Waals surface area contributed by atoms with Crippen molar-refractivity contribution in [3.63, 3.8) is 0 Å². The first kappa shape index (κ1) is 15.7. The molecule has 0 aliphatic heterocycles. The van der Waals surface area contributed by atoms with Gasteiger partial charge in [0.25, 0.3) is 0 Å². The molecule has 0 bridgehead atoms. The van der Waals surface area contributed by atoms with Gasteiger partial charge >= 0.3 is 0 Å². The molecule has 0 aromatic heterocycles. The quantitative estimate of drug-likeness (QED) is 0.591. The van der Waals surface area contributed by atoms with E-state index in [9.17, 15) is 4.79 Å². The number of nitrogens with one attached hydrogen (secondary N) is 2. The van der Waals surface area contributed by atoms with Gasteiger partial charge in [-0.25, -0.2) is 0 Å². The third kappa shape index (κ3) is 21.6. The fourth-order valence-corrected chi connectivity index (χ4v) is 0. The van der Waals surface area contributed by atoms with E-state index in [0.717, 1.165) is 0 Å². The number of hydrogen-bond donors (Lipinski definition) is 1. The first-order chi connectivity index (χ1) is 2.27. The van der Waals surface area contributed by atoms with Gasteiger partial charge in [0.15, 0.2) is 0 Å². The van der Waals surface area contributed by atoms with Gasteiger partial charge in [-0.3, -0.25) is 4.79 Å². The van der Waals surface area contributed by atoms with Gasteiger partial charge in [-0.2, -0.15) is 0 Å². The Morgan fingerprint density at radius 1 is 1.71 bits per heavy atom. The fourth-order valence-electron chi connectivity index (χ4n) is 0. The summed E-state index contributed by atoms with van der Waals surface area (Å²) in [5.41, 5.74) is 6.08. The van der Waals surface area contributed by atoms with E-state index < -0.39 is 6.03 Å². The van der Waals surface area contributed by atoms with Crippen LogP contribution in [0.5, 0.6) is 0 Å². The molecule has 0 aliphatic rings. The van der Waals surface area contributed by atoms with E-state index in [2.05, 4.69) is 5.32 Å². The van der Waals surface area contributed by atoms with Crippen LogP contribution in [0.1, 0.15) is 7.43 Å². The molecule has 7 heavy (non-hydrogen) atoms. The topological polar surface area (TPSA) is 52.9 Å². The third-order valence-electron chi connectivity index (χ3n) is 0.227. The second kappa shape index (κ2) is 9.62. The molecular weight excluding hydrogens is 169 g/mol. The molecule has 0 saturated carbocycles. The van der Waals surface area contributed by atoms with Crippen LogP contribution in [-0.2, 0) is 32.7 Å². The minimum Gasteiger partial charge on any atom is -0.453 e. The summed E-state index contributed by atoms with van der Waals surface area (Å²) in [5, 5.41) is 2.06. The average Bonchev–Trinajstić information content (AvgIpc) is 1.38. The second-order valence-electron chi connectivity index (χ2n) is 0.579. The molecule has 0 spiro atoms. The van der Waals surface area contributed by atoms with Crippen LogP contribution in [0.15, 0.2) is 0 Å². The number of amides is 2. The van der Waals surface area contributed by atoms with Crippen molar-refractivity contribution < 1.29 is 37.5 Å². The molecule has 4 heteroatoms. The molecule has 3 nitrogen and oxygen atoms in total. The van der Waals surface area contributed by atoms with Gasteiger partial charge in [0.05, 0.1) is 0 Å². The SMILES string of the molecule is C.CNC([NH-])=O.[Y]. The van der Waals surface area contributed by atoms with Crippen molar-refractivity contribution in [3.8, 4) is 0 Å². The summed E-state index contributed by atoms with van der Waals surface area (Å²) in [4.78, 5) is 9.37. The van der Waals surface area contributed by atoms with Gasteiger partial charge < -0.3 is 11.1 Å². The van der Waals surface area contributed by atoms with E-state index in [-0.39, 0.29) is 40.1 Å². The molecule has 1 radical (unpaired) electrons. The van der Waals surface area contributed by atoms with Crippen molar-refractivity contribution in [1.82, 2.24) is 5.32 Å². The molecule has 41 valence electrons. The maximum Gasteiger partial charge on any atom is 0.149 e. The fraction of sp³-hybridized carbons (Fsp3) is 0.667. The van der Waals surface area contributed by atoms with Gasteiger partial charge in [-0.1, -0.05) is 14.5 Å². The van der Waals surface area contributed by atoms with Gasteiger partial charge in [0, 0.05) is 32.7 Å². The Balaban J connectivity index is -0.0000000800. The number of rotatable bonds is 0. The monoisotopic (exact) mass is 178 g/mol. The van der Waals surface area contributed by atoms with Crippen LogP contribution in [0.25, 0.3) is 5.73 Å². The Morgan fingerprint density at radius 2 is 1.86 bits per heavy atom. The Morgan fingerprint density at radius 3 is 1.86 bits per heavy atom. The van der Waals surface area contributed by atoms with Crippen molar-refractivity contribution in [2.45, 2.75) is 7.43 Å². The van der Waals surface area contributed by atoms with Crippen LogP contribution >= 0.6 is 0 Å². The summed E-state index contributed by atoms with van der Waals surface area (Å²) in [5.74, 6) is 0. The largest absolute Gasteiger partial charge is 0.453 e. The molecule has 0 unspecified atom stereocenters. The van der Waals surface area contributed by atoms with Crippen molar-refractivity contribution in [2.75, 3.05) is 7.05 Å². The van der Waals surface area contributed by atoms with E-state index in [0.29, 0.717) is 0 Å². The first-order valence-corrected chi connectivity index (χ1v) is 1.20. The van der Waals surface area contributed by atoms with Gasteiger partial charge in [-0.15, -0.1) is 0 Å². The zero-order valence-electron chi connectivity index (χ0n) is 3.49. The van der Waals surface area contributed by atoms with Crippen molar-refractivity contribution in [1.29, 1.82) is 0 Å². The van der Waals surface area contributed by atoms with Crippen LogP contribution in [-0.4, -0.2) is 13.1 Å². The summed E-state index contributed by atoms with van der Waals surface area (Å²) >= 11 is 0. The predicted octanol–water partition coefficient (Wildman–Crippen LogP) is 1.01. The van der Waals surface area contributed by atoms with Crippen LogP contribution in [0, 0.1) is 0 Å². The molecule has 0 saturated heterocycles. The van der Waals surface area contributed by atoms with Crippen molar-refractivity contribution in [3.05, 3.63) is 5.73 Å². The normalized spacial score (nSPS) is 4.71. The molecule has 2 amide bonds. The molecule has 0 aromatic carbocycles. The zero-order valence-corrected chi connectivity index (χ0v) is 6.32. The second-order valence-corrected chi connectivity index (χ2v) is 0.579. The number of urea groups is 1. The van der Waals surface area contributed by atoms with E-state index >= 15 is 0 Å². The summed E-state index contributed by atoms with van der Waals surface area (Å²) in [6, 6.07) is -0.745. The van der Waals surface area contributed by atoms with Crippen molar-refractivity contribution in [2.24, 2.45) is 0 Å². The van der Waals surface area contributed by atoms with Crippen molar-refractivity contribution >= 4 is 6.03 Å². The maximum absolute atomic E-state index is 9.37. The van der Waals surface area contributed by atoms with Crippen LogP contribution in [0.3, 0.4) is 0 Å². The van der Waals surface area contributed by atoms with Gasteiger partial charge in [0.1, 0.15) is 6.03 Å². The number of hydrogen-bond acceptors (Lipinski definition) is 1. The van der Waals surface area contributed by atoms with E-state index in [1.807, 2.05) is 0 Å². The summed E-state index contributed by atoms with van der Waals surface area (Å²) in [6.45, 7) is 0. The summed E-state index contributed by atoms with van der Waals surface area (Å²) in [6.07, 6.45) is 0.